The van der Waals surface area contributed by atoms with Crippen molar-refractivity contribution in [3.8, 4) is 0 Å². The number of esters is 1. The fourth-order valence-electron chi connectivity index (χ4n) is 10.8. The number of rotatable bonds is 31. The molecule has 0 saturated carbocycles. The van der Waals surface area contributed by atoms with E-state index in [1.165, 1.54) is 6.92 Å². The number of carbonyl (C=O) groups is 2. The zero-order valence-electron chi connectivity index (χ0n) is 86.2. The van der Waals surface area contributed by atoms with Crippen LogP contribution in [-0.4, -0.2) is 159 Å². The van der Waals surface area contributed by atoms with E-state index in [9.17, 15) is 27.3 Å². The minimum absolute atomic E-state index is 0. The molecule has 8 aromatic rings. The molecule has 0 fully saturated rings. The number of hydrogen-bond donors (Lipinski definition) is 6. The second-order valence-corrected chi connectivity index (χ2v) is 64.5. The number of thiocarbonyl (C=S) groups is 2. The number of nitrogens with zero attached hydrogens (tertiary/aromatic N) is 11. The monoisotopic (exact) mass is 2610 g/mol. The second-order valence-electron chi connectivity index (χ2n) is 41.0. The van der Waals surface area contributed by atoms with Gasteiger partial charge in [0.15, 0.2) is 22.4 Å². The highest BCUT2D eigenvalue weighted by molar-refractivity contribution is 9.11. The Hall–Kier alpha value is -3.41. The van der Waals surface area contributed by atoms with Gasteiger partial charge in [-0.2, -0.15) is 4.40 Å². The summed E-state index contributed by atoms with van der Waals surface area (Å²) in [5.41, 5.74) is 16.5. The van der Waals surface area contributed by atoms with Crippen LogP contribution >= 0.6 is 176 Å². The number of aliphatic hydroxyl groups is 2. The van der Waals surface area contributed by atoms with E-state index in [0.717, 1.165) is 93.3 Å². The molecule has 0 aromatic carbocycles. The molecule has 9 atom stereocenters. The molecule has 780 valence electrons. The molecule has 0 unspecified atom stereocenters. The lowest BCUT2D eigenvalue weighted by molar-refractivity contribution is -0.156. The molecule has 42 heteroatoms. The van der Waals surface area contributed by atoms with Gasteiger partial charge in [0.2, 0.25) is 0 Å². The molecular weight excluding hydrogens is 2470 g/mol. The fourth-order valence-corrected chi connectivity index (χ4v) is 19.0. The molecule has 0 aliphatic carbocycles. The van der Waals surface area contributed by atoms with Crippen LogP contribution in [0.25, 0.3) is 0 Å². The van der Waals surface area contributed by atoms with Crippen LogP contribution in [0.15, 0.2) is 198 Å². The Balaban J connectivity index is 0.00000159. The number of isothiocyanates is 2. The van der Waals surface area contributed by atoms with Gasteiger partial charge in [0.1, 0.15) is 16.6 Å². The molecule has 25 nitrogen and oxygen atoms in total. The standard InChI is InChI=1S/C17H27BrN2O3S.C16H25BrN2OSSi.C15H27BrN2OSi.C13H21BrN2O2S.C11H15BrN2OS.C10H10BrClN2S.C9H13BrN2O.C7H6BrNO.ClH/c1-15(2,3)23-14(21)9-17(7,20-24(22)16(4,5)6)12-8-13(18)11-19-10-12;1-15(2,3)22(5,6)20-8-7-16(4,19-12-21)13-9-14(17)11-18-10-13;1-14(2,3)20(5,6)19-8-7-15(4,17)12-9-13(16)11-18-10-12;1-12(2,3)19(18)16-13(4,5-6-17)10-7-11(14)9-15-8-10;1-8(14-16(15)11(2,3)4)9-5-10(12)7-13-6-9;1-10(2-3-12,14-7-15)8-4-9(11)6-13-5-8;1-9(11,2-3-13)7-4-8(10)6-12-5-7;1-5(10)6-2-7(8)4-9-3-6;/h8,10-11,20H,9H2,1-7H3;9-11H,7-8H2,1-6H3;9-11H,7-8,17H2,1-6H3;7-9,16-17H,5-6H2,1-4H3;5-7H,1-4H3;4-6H,2-3H2,1H3;4-6,13H,2-3,11H2,1H3;2-4H,1H3;1H/t17-,24+;16-;15-;13-,19+;16-;10-;9-;;/m0000100../s1. The lowest BCUT2D eigenvalue weighted by atomic mass is 9.91. The number of hydrogen-bond acceptors (Lipinski definition) is 24. The van der Waals surface area contributed by atoms with E-state index in [2.05, 4.69) is 281 Å². The van der Waals surface area contributed by atoms with Crippen molar-refractivity contribution in [2.75, 3.05) is 32.3 Å². The number of aliphatic imine (C=N–C) groups is 2. The number of halogens is 10. The highest BCUT2D eigenvalue weighted by atomic mass is 79.9. The Kier molecular flexibility index (Phi) is 60.2. The SMILES string of the molecule is CC(=N[S@](=O)C(C)(C)C)c1cncc(Br)c1.CC(=O)c1cncc(Br)c1.CC(C)(C)OC(=O)C[C@](C)(N[S@](=O)C(C)(C)C)c1cncc(Br)c1.CC(C)(C)[S@@](=O)N[C@@](C)(CCO)c1cncc(Br)c1.CC(C)(C)[Si](C)(C)OCC[C@](C)(N)c1cncc(Br)c1.CC(C)(C)[Si](C)(C)OCC[C@](C)(N=C=S)c1cncc(Br)c1.C[C@@](CCCl)(N=C=S)c1cncc(Br)c1.C[C@](N)(CCO)c1cncc(Br)c1.Cl. The van der Waals surface area contributed by atoms with Gasteiger partial charge in [0.05, 0.1) is 80.8 Å². The third-order valence-corrected chi connectivity index (χ3v) is 39.8. The van der Waals surface area contributed by atoms with E-state index in [1.807, 2.05) is 186 Å². The molecule has 8 heterocycles. The first kappa shape index (κ1) is 137. The summed E-state index contributed by atoms with van der Waals surface area (Å²) in [5.74, 6) is 0.195. The van der Waals surface area contributed by atoms with E-state index in [4.69, 9.17) is 54.0 Å². The Morgan fingerprint density at radius 2 is 0.714 bits per heavy atom. The summed E-state index contributed by atoms with van der Waals surface area (Å²) in [7, 11) is -7.25. The van der Waals surface area contributed by atoms with E-state index in [0.29, 0.717) is 43.9 Å². The average Bonchev–Trinajstić information content (AvgIpc) is 0.804. The van der Waals surface area contributed by atoms with Crippen molar-refractivity contribution < 1.29 is 46.0 Å². The second kappa shape index (κ2) is 61.7. The Bertz CT molecular complexity index is 5450. The predicted molar refractivity (Wildman–Crippen MR) is 622 cm³/mol. The quantitative estimate of drug-likeness (QED) is 0.00587. The number of ketones is 1. The van der Waals surface area contributed by atoms with Crippen molar-refractivity contribution in [3.63, 3.8) is 0 Å². The number of pyridine rings is 8. The van der Waals surface area contributed by atoms with Crippen LogP contribution in [0.1, 0.15) is 268 Å². The minimum Gasteiger partial charge on any atom is -0.460 e. The summed E-state index contributed by atoms with van der Waals surface area (Å²) < 4.78 is 71.0. The van der Waals surface area contributed by atoms with Crippen LogP contribution < -0.4 is 20.9 Å². The molecule has 0 saturated heterocycles. The van der Waals surface area contributed by atoms with Gasteiger partial charge in [-0.05, 0) is 441 Å². The molecule has 140 heavy (non-hydrogen) atoms. The van der Waals surface area contributed by atoms with Crippen LogP contribution in [0.4, 0.5) is 0 Å². The minimum atomic E-state index is -1.75. The predicted octanol–water partition coefficient (Wildman–Crippen LogP) is 27.1. The van der Waals surface area contributed by atoms with Gasteiger partial charge in [-0.1, -0.05) is 41.5 Å². The zero-order chi connectivity index (χ0) is 107. The maximum absolute atomic E-state index is 12.6. The number of ether oxygens (including phenoxy) is 1. The van der Waals surface area contributed by atoms with Crippen LogP contribution in [0.2, 0.25) is 36.3 Å². The Labute approximate surface area is 932 Å². The third-order valence-electron chi connectivity index (χ3n) is 21.9. The molecule has 0 radical (unpaired) electrons. The lowest BCUT2D eigenvalue weighted by Crippen LogP contribution is -2.48. The van der Waals surface area contributed by atoms with Crippen molar-refractivity contribution in [1.82, 2.24) is 49.3 Å². The van der Waals surface area contributed by atoms with Crippen molar-refractivity contribution in [2.24, 2.45) is 25.8 Å². The van der Waals surface area contributed by atoms with Crippen molar-refractivity contribution in [2.45, 2.75) is 308 Å². The lowest BCUT2D eigenvalue weighted by Gasteiger charge is -2.37. The summed E-state index contributed by atoms with van der Waals surface area (Å²) in [6.07, 6.45) is 30.8. The number of alkyl halides is 1. The zero-order valence-corrected chi connectivity index (χ0v) is 107. The highest BCUT2D eigenvalue weighted by Gasteiger charge is 2.41. The normalized spacial score (nSPS) is 15.1. The highest BCUT2D eigenvalue weighted by Crippen LogP contribution is 2.41. The van der Waals surface area contributed by atoms with Crippen LogP contribution in [0.5, 0.6) is 0 Å². The van der Waals surface area contributed by atoms with Crippen LogP contribution in [0, 0.1) is 0 Å². The van der Waals surface area contributed by atoms with Gasteiger partial charge in [0, 0.05) is 189 Å². The summed E-state index contributed by atoms with van der Waals surface area (Å²) in [6, 6.07) is 15.4. The molecule has 8 aromatic heterocycles. The first-order valence-corrected chi connectivity index (χ1v) is 61.3. The number of nitrogens with two attached hydrogens (primary N) is 2. The smallest absolute Gasteiger partial charge is 0.308 e. The molecule has 8 N–H and O–H groups in total. The van der Waals surface area contributed by atoms with Crippen LogP contribution in [0.3, 0.4) is 0 Å². The first-order chi connectivity index (χ1) is 63.6. The molecule has 0 aliphatic heterocycles. The van der Waals surface area contributed by atoms with Crippen LogP contribution in [-0.2, 0) is 84.6 Å². The van der Waals surface area contributed by atoms with Gasteiger partial charge >= 0.3 is 5.97 Å². The molecular formula is C98H145Br8Cl2N15O10S5Si2. The number of Topliss-reactive ketones (excluding diaryl/α,β-unsaturated/α-hetero) is 1. The summed E-state index contributed by atoms with van der Waals surface area (Å²) in [4.78, 5) is 64.4. The number of nitrogens with one attached hydrogen (secondary N) is 2. The van der Waals surface area contributed by atoms with E-state index in [1.54, 1.807) is 92.8 Å². The van der Waals surface area contributed by atoms with Gasteiger partial charge < -0.3 is 35.3 Å². The molecule has 8 rings (SSSR count). The molecule has 0 amide bonds. The van der Waals surface area contributed by atoms with Crippen molar-refractivity contribution >= 4 is 253 Å². The van der Waals surface area contributed by atoms with E-state index >= 15 is 0 Å². The Morgan fingerprint density at radius 3 is 1.02 bits per heavy atom. The van der Waals surface area contributed by atoms with E-state index < -0.39 is 93.2 Å². The largest absolute Gasteiger partial charge is 0.460 e. The molecule has 0 spiro atoms. The maximum Gasteiger partial charge on any atom is 0.308 e. The van der Waals surface area contributed by atoms with Crippen molar-refractivity contribution in [3.05, 3.63) is 228 Å². The van der Waals surface area contributed by atoms with Gasteiger partial charge in [-0.25, -0.2) is 32.1 Å². The average molecular weight is 2620 g/mol. The maximum atomic E-state index is 12.6. The number of aromatic nitrogens is 8. The Morgan fingerprint density at radius 1 is 0.421 bits per heavy atom. The van der Waals surface area contributed by atoms with Gasteiger partial charge in [-0.3, -0.25) is 49.5 Å². The van der Waals surface area contributed by atoms with Gasteiger partial charge in [0.25, 0.3) is 0 Å². The number of carbonyl (C=O) groups excluding carboxylic acids is 2. The third kappa shape index (κ3) is 51.2. The summed E-state index contributed by atoms with van der Waals surface area (Å²) in [5, 5.41) is 23.5. The first-order valence-electron chi connectivity index (χ1n) is 44.4. The summed E-state index contributed by atoms with van der Waals surface area (Å²) in [6.45, 7) is 61.6. The summed E-state index contributed by atoms with van der Waals surface area (Å²) >= 11 is 42.2. The van der Waals surface area contributed by atoms with Gasteiger partial charge in [-0.15, -0.1) is 24.0 Å². The van der Waals surface area contributed by atoms with Crippen molar-refractivity contribution in [1.29, 1.82) is 0 Å². The topological polar surface area (TPSA) is 370 Å². The molecule has 0 aliphatic rings. The van der Waals surface area contributed by atoms with E-state index in [-0.39, 0.29) is 63.4 Å². The number of aliphatic hydroxyl groups excluding tert-OH is 2. The molecule has 0 bridgehead atoms. The fraction of sp³-hybridized carbons (Fsp3) is 0.541.